The number of carbonyl (C=O) groups is 1. The van der Waals surface area contributed by atoms with Crippen LogP contribution in [0.5, 0.6) is 0 Å². The van der Waals surface area contributed by atoms with Gasteiger partial charge in [0.2, 0.25) is 0 Å². The second kappa shape index (κ2) is 6.13. The first-order chi connectivity index (χ1) is 11.7. The molecule has 1 saturated heterocycles. The van der Waals surface area contributed by atoms with Crippen molar-refractivity contribution in [1.29, 1.82) is 0 Å². The van der Waals surface area contributed by atoms with Crippen LogP contribution in [0, 0.1) is 0 Å². The number of benzene rings is 1. The van der Waals surface area contributed by atoms with Crippen LogP contribution in [-0.2, 0) is 0 Å². The molecular weight excluding hydrogens is 326 g/mol. The van der Waals surface area contributed by atoms with Gasteiger partial charge in [0, 0.05) is 31.9 Å². The zero-order chi connectivity index (χ0) is 16.5. The minimum absolute atomic E-state index is 0.0654. The van der Waals surface area contributed by atoms with Crippen molar-refractivity contribution < 1.29 is 4.79 Å². The molecule has 1 aliphatic heterocycles. The van der Waals surface area contributed by atoms with Gasteiger partial charge < -0.3 is 9.80 Å². The Kier molecular flexibility index (Phi) is 3.82. The highest BCUT2D eigenvalue weighted by atomic mass is 35.5. The van der Waals surface area contributed by atoms with Crippen molar-refractivity contribution in [3.8, 4) is 0 Å². The topological polar surface area (TPSA) is 53.7 Å². The number of hydrogen-bond acceptors (Lipinski definition) is 4. The molecule has 2 aromatic heterocycles. The number of carbonyl (C=O) groups excluding carboxylic acids is 1. The van der Waals surface area contributed by atoms with E-state index in [-0.39, 0.29) is 5.91 Å². The minimum atomic E-state index is -0.0654. The van der Waals surface area contributed by atoms with E-state index in [1.165, 1.54) is 10.2 Å². The average molecular weight is 342 g/mol. The van der Waals surface area contributed by atoms with Gasteiger partial charge in [-0.2, -0.15) is 5.10 Å². The molecule has 3 heterocycles. The Bertz CT molecular complexity index is 871. The first kappa shape index (κ1) is 15.0. The van der Waals surface area contributed by atoms with Gasteiger partial charge in [0.05, 0.1) is 6.20 Å². The number of amides is 1. The molecule has 6 nitrogen and oxygen atoms in total. The predicted molar refractivity (Wildman–Crippen MR) is 92.6 cm³/mol. The maximum atomic E-state index is 12.7. The van der Waals surface area contributed by atoms with Crippen LogP contribution in [0.1, 0.15) is 10.5 Å². The van der Waals surface area contributed by atoms with Crippen LogP contribution in [0.25, 0.3) is 5.65 Å². The van der Waals surface area contributed by atoms with Crippen molar-refractivity contribution in [2.24, 2.45) is 0 Å². The van der Waals surface area contributed by atoms with Gasteiger partial charge in [0.1, 0.15) is 10.8 Å². The first-order valence-electron chi connectivity index (χ1n) is 7.82. The highest BCUT2D eigenvalue weighted by Gasteiger charge is 2.24. The summed E-state index contributed by atoms with van der Waals surface area (Å²) < 4.78 is 1.54. The van der Waals surface area contributed by atoms with Crippen molar-refractivity contribution in [1.82, 2.24) is 19.5 Å². The number of rotatable bonds is 2. The van der Waals surface area contributed by atoms with Gasteiger partial charge in [-0.25, -0.2) is 9.50 Å². The molecule has 1 aliphatic rings. The molecule has 1 amide bonds. The minimum Gasteiger partial charge on any atom is -0.368 e. The second-order valence-electron chi connectivity index (χ2n) is 5.70. The molecule has 0 bridgehead atoms. The monoisotopic (exact) mass is 341 g/mol. The first-order valence-corrected chi connectivity index (χ1v) is 8.20. The summed E-state index contributed by atoms with van der Waals surface area (Å²) in [5, 5.41) is 4.49. The normalized spacial score (nSPS) is 15.0. The fraction of sp³-hybridized carbons (Fsp3) is 0.235. The highest BCUT2D eigenvalue weighted by Crippen LogP contribution is 2.17. The Labute approximate surface area is 144 Å². The summed E-state index contributed by atoms with van der Waals surface area (Å²) in [6.07, 6.45) is 1.63. The van der Waals surface area contributed by atoms with E-state index in [1.807, 2.05) is 23.1 Å². The molecule has 0 spiro atoms. The third-order valence-corrected chi connectivity index (χ3v) is 4.40. The summed E-state index contributed by atoms with van der Waals surface area (Å²) in [7, 11) is 0. The van der Waals surface area contributed by atoms with Crippen LogP contribution in [-0.4, -0.2) is 51.6 Å². The lowest BCUT2D eigenvalue weighted by atomic mass is 10.2. The molecule has 122 valence electrons. The molecule has 0 unspecified atom stereocenters. The van der Waals surface area contributed by atoms with E-state index < -0.39 is 0 Å². The number of fused-ring (bicyclic) bond motifs is 1. The van der Waals surface area contributed by atoms with Gasteiger partial charge in [-0.1, -0.05) is 29.8 Å². The van der Waals surface area contributed by atoms with Gasteiger partial charge in [0.25, 0.3) is 5.91 Å². The lowest BCUT2D eigenvalue weighted by Crippen LogP contribution is -2.48. The molecule has 0 atom stereocenters. The Hall–Kier alpha value is -2.60. The molecule has 0 N–H and O–H groups in total. The third kappa shape index (κ3) is 2.80. The van der Waals surface area contributed by atoms with Crippen molar-refractivity contribution >= 4 is 28.8 Å². The molecule has 0 radical (unpaired) electrons. The summed E-state index contributed by atoms with van der Waals surface area (Å²) in [6, 6.07) is 13.7. The Morgan fingerprint density at radius 2 is 1.75 bits per heavy atom. The molecular formula is C17H16ClN5O. The van der Waals surface area contributed by atoms with Gasteiger partial charge in [-0.3, -0.25) is 4.79 Å². The zero-order valence-corrected chi connectivity index (χ0v) is 13.7. The number of anilines is 1. The van der Waals surface area contributed by atoms with Crippen LogP contribution in [0.3, 0.4) is 0 Å². The molecule has 3 aromatic rings. The van der Waals surface area contributed by atoms with Gasteiger partial charge in [-0.15, -0.1) is 0 Å². The second-order valence-corrected chi connectivity index (χ2v) is 6.09. The van der Waals surface area contributed by atoms with E-state index in [0.717, 1.165) is 13.1 Å². The summed E-state index contributed by atoms with van der Waals surface area (Å²) in [5.74, 6) is -0.0654. The lowest BCUT2D eigenvalue weighted by Gasteiger charge is -2.35. The number of hydrogen-bond donors (Lipinski definition) is 0. The largest absolute Gasteiger partial charge is 0.368 e. The van der Waals surface area contributed by atoms with E-state index in [4.69, 9.17) is 11.6 Å². The number of piperazine rings is 1. The van der Waals surface area contributed by atoms with E-state index in [0.29, 0.717) is 29.6 Å². The molecule has 0 aliphatic carbocycles. The van der Waals surface area contributed by atoms with Crippen molar-refractivity contribution in [3.05, 3.63) is 59.5 Å². The average Bonchev–Trinajstić information content (AvgIpc) is 3.05. The molecule has 24 heavy (non-hydrogen) atoms. The fourth-order valence-corrected chi connectivity index (χ4v) is 3.07. The molecule has 4 rings (SSSR count). The van der Waals surface area contributed by atoms with E-state index in [2.05, 4.69) is 27.1 Å². The number of nitrogens with zero attached hydrogens (tertiary/aromatic N) is 5. The lowest BCUT2D eigenvalue weighted by molar-refractivity contribution is 0.0741. The van der Waals surface area contributed by atoms with Crippen LogP contribution in [0.2, 0.25) is 5.15 Å². The Morgan fingerprint density at radius 1 is 1.00 bits per heavy atom. The van der Waals surface area contributed by atoms with Gasteiger partial charge >= 0.3 is 0 Å². The Morgan fingerprint density at radius 3 is 2.50 bits per heavy atom. The van der Waals surface area contributed by atoms with Crippen molar-refractivity contribution in [3.63, 3.8) is 0 Å². The quantitative estimate of drug-likeness (QED) is 0.718. The number of imidazole rings is 1. The zero-order valence-electron chi connectivity index (χ0n) is 13.0. The fourth-order valence-electron chi connectivity index (χ4n) is 2.93. The van der Waals surface area contributed by atoms with Crippen LogP contribution >= 0.6 is 11.6 Å². The Balaban J connectivity index is 1.47. The maximum Gasteiger partial charge on any atom is 0.274 e. The molecule has 1 fully saturated rings. The predicted octanol–water partition coefficient (Wildman–Crippen LogP) is 2.35. The van der Waals surface area contributed by atoms with Crippen LogP contribution in [0.4, 0.5) is 5.69 Å². The maximum absolute atomic E-state index is 12.7. The van der Waals surface area contributed by atoms with Crippen molar-refractivity contribution in [2.45, 2.75) is 0 Å². The van der Waals surface area contributed by atoms with Crippen LogP contribution < -0.4 is 4.90 Å². The summed E-state index contributed by atoms with van der Waals surface area (Å²) >= 11 is 5.87. The van der Waals surface area contributed by atoms with E-state index in [1.54, 1.807) is 18.3 Å². The molecule has 7 heteroatoms. The number of para-hydroxylation sites is 1. The van der Waals surface area contributed by atoms with Crippen LogP contribution in [0.15, 0.2) is 48.7 Å². The van der Waals surface area contributed by atoms with Crippen molar-refractivity contribution in [2.75, 3.05) is 31.1 Å². The molecule has 1 aromatic carbocycles. The van der Waals surface area contributed by atoms with E-state index in [9.17, 15) is 4.79 Å². The summed E-state index contributed by atoms with van der Waals surface area (Å²) in [4.78, 5) is 21.1. The molecule has 0 saturated carbocycles. The van der Waals surface area contributed by atoms with E-state index >= 15 is 0 Å². The SMILES string of the molecule is O=C(c1cn2nc(Cl)ccc2n1)N1CCN(c2ccccc2)CC1. The smallest absolute Gasteiger partial charge is 0.274 e. The number of halogens is 1. The standard InChI is InChI=1S/C17H16ClN5O/c18-15-6-7-16-19-14(12-23(16)20-15)17(24)22-10-8-21(9-11-22)13-4-2-1-3-5-13/h1-7,12H,8-11H2. The summed E-state index contributed by atoms with van der Waals surface area (Å²) in [5.41, 5.74) is 2.21. The third-order valence-electron chi connectivity index (χ3n) is 4.19. The van der Waals surface area contributed by atoms with Gasteiger partial charge in [-0.05, 0) is 24.3 Å². The summed E-state index contributed by atoms with van der Waals surface area (Å²) in [6.45, 7) is 2.98. The highest BCUT2D eigenvalue weighted by molar-refractivity contribution is 6.29. The van der Waals surface area contributed by atoms with Gasteiger partial charge in [0.15, 0.2) is 5.65 Å². The number of aromatic nitrogens is 3.